The molecule has 0 amide bonds. The molecule has 0 spiro atoms. The Balaban J connectivity index is 1.86. The fraction of sp³-hybridized carbons (Fsp3) is 0.100. The van der Waals surface area contributed by atoms with Crippen LogP contribution in [0.3, 0.4) is 0 Å². The van der Waals surface area contributed by atoms with Crippen LogP contribution in [-0.4, -0.2) is 15.0 Å². The second-order valence-corrected chi connectivity index (χ2v) is 6.41. The van der Waals surface area contributed by atoms with Gasteiger partial charge in [-0.15, -0.1) is 0 Å². The van der Waals surface area contributed by atoms with Gasteiger partial charge < -0.3 is 4.98 Å². The van der Waals surface area contributed by atoms with Gasteiger partial charge in [0.2, 0.25) is 0 Å². The van der Waals surface area contributed by atoms with Crippen LogP contribution in [0.2, 0.25) is 0 Å². The Bertz CT molecular complexity index is 1230. The maximum Gasteiger partial charge on any atom is 0.418 e. The highest BCUT2D eigenvalue weighted by molar-refractivity contribution is 5.84. The normalized spacial score (nSPS) is 12.5. The quantitative estimate of drug-likeness (QED) is 0.374. The number of rotatable bonds is 2. The molecule has 3 nitrogen and oxygen atoms in total. The lowest BCUT2D eigenvalue weighted by atomic mass is 10.1. The average Bonchev–Trinajstić information content (AvgIpc) is 3.10. The zero-order valence-corrected chi connectivity index (χ0v) is 14.7. The molecule has 2 aromatic heterocycles. The van der Waals surface area contributed by atoms with Gasteiger partial charge in [0, 0.05) is 11.8 Å². The molecule has 30 heavy (non-hydrogen) atoms. The minimum Gasteiger partial charge on any atom is -0.338 e. The van der Waals surface area contributed by atoms with E-state index in [1.807, 2.05) is 0 Å². The molecule has 0 aliphatic carbocycles. The number of H-pyrrole nitrogens is 1. The standard InChI is InChI=1S/C20H10F7N3/c21-14-7-10(15-3-1-2-6-28-15)4-5-12(14)18-29-16-9-11(19(22,23)24)8-13(17(16)30-18)20(25,26)27/h1-9H,(H,29,30). The molecule has 1 N–H and O–H groups in total. The molecule has 0 saturated heterocycles. The van der Waals surface area contributed by atoms with Crippen molar-refractivity contribution >= 4 is 11.0 Å². The monoisotopic (exact) mass is 425 g/mol. The molecule has 2 heterocycles. The maximum atomic E-state index is 14.7. The summed E-state index contributed by atoms with van der Waals surface area (Å²) in [5, 5.41) is 0. The first-order valence-electron chi connectivity index (χ1n) is 8.43. The highest BCUT2D eigenvalue weighted by Gasteiger charge is 2.39. The van der Waals surface area contributed by atoms with Crippen LogP contribution in [0.4, 0.5) is 30.7 Å². The molecule has 2 aromatic carbocycles. The van der Waals surface area contributed by atoms with Gasteiger partial charge in [-0.2, -0.15) is 26.3 Å². The third-order valence-corrected chi connectivity index (χ3v) is 4.40. The molecule has 4 aromatic rings. The second kappa shape index (κ2) is 6.82. The van der Waals surface area contributed by atoms with E-state index in [2.05, 4.69) is 15.0 Å². The summed E-state index contributed by atoms with van der Waals surface area (Å²) < 4.78 is 93.7. The van der Waals surface area contributed by atoms with Crippen molar-refractivity contribution in [2.24, 2.45) is 0 Å². The largest absolute Gasteiger partial charge is 0.418 e. The van der Waals surface area contributed by atoms with Gasteiger partial charge >= 0.3 is 12.4 Å². The Hall–Kier alpha value is -3.43. The van der Waals surface area contributed by atoms with E-state index in [9.17, 15) is 30.7 Å². The Morgan fingerprint density at radius 3 is 2.20 bits per heavy atom. The van der Waals surface area contributed by atoms with Crippen molar-refractivity contribution in [2.75, 3.05) is 0 Å². The molecule has 10 heteroatoms. The Morgan fingerprint density at radius 2 is 1.60 bits per heavy atom. The number of benzene rings is 2. The molecule has 154 valence electrons. The summed E-state index contributed by atoms with van der Waals surface area (Å²) in [5.74, 6) is -1.14. The summed E-state index contributed by atoms with van der Waals surface area (Å²) in [6, 6.07) is 9.41. The van der Waals surface area contributed by atoms with Gasteiger partial charge in [0.05, 0.1) is 27.9 Å². The van der Waals surface area contributed by atoms with E-state index in [0.717, 1.165) is 6.07 Å². The van der Waals surface area contributed by atoms with E-state index in [4.69, 9.17) is 0 Å². The Morgan fingerprint density at radius 1 is 0.833 bits per heavy atom. The molecule has 0 fully saturated rings. The number of nitrogens with one attached hydrogen (secondary N) is 1. The van der Waals surface area contributed by atoms with Crippen LogP contribution in [0.1, 0.15) is 11.1 Å². The minimum absolute atomic E-state index is 0.00647. The van der Waals surface area contributed by atoms with Gasteiger partial charge in [0.1, 0.15) is 17.2 Å². The first kappa shape index (κ1) is 19.9. The van der Waals surface area contributed by atoms with Crippen molar-refractivity contribution in [3.63, 3.8) is 0 Å². The van der Waals surface area contributed by atoms with Crippen LogP contribution in [0.15, 0.2) is 54.7 Å². The average molecular weight is 425 g/mol. The highest BCUT2D eigenvalue weighted by Crippen LogP contribution is 2.40. The van der Waals surface area contributed by atoms with Gasteiger partial charge in [0.25, 0.3) is 0 Å². The molecule has 0 saturated carbocycles. The number of hydrogen-bond acceptors (Lipinski definition) is 2. The SMILES string of the molecule is Fc1cc(-c2ccccn2)ccc1-c1nc2c(C(F)(F)F)cc(C(F)(F)F)cc2[nH]1. The van der Waals surface area contributed by atoms with Crippen LogP contribution >= 0.6 is 0 Å². The lowest BCUT2D eigenvalue weighted by Gasteiger charge is -2.11. The van der Waals surface area contributed by atoms with E-state index in [1.165, 1.54) is 18.3 Å². The number of imidazole rings is 1. The van der Waals surface area contributed by atoms with Gasteiger partial charge in [0.15, 0.2) is 0 Å². The van der Waals surface area contributed by atoms with E-state index >= 15 is 0 Å². The number of hydrogen-bond donors (Lipinski definition) is 1. The van der Waals surface area contributed by atoms with Crippen LogP contribution in [-0.2, 0) is 12.4 Å². The maximum absolute atomic E-state index is 14.7. The number of alkyl halides is 6. The second-order valence-electron chi connectivity index (χ2n) is 6.41. The molecule has 0 aliphatic heterocycles. The van der Waals surface area contributed by atoms with Crippen molar-refractivity contribution in [3.8, 4) is 22.6 Å². The molecule has 0 bridgehead atoms. The summed E-state index contributed by atoms with van der Waals surface area (Å²) in [6.45, 7) is 0. The lowest BCUT2D eigenvalue weighted by molar-refractivity contribution is -0.142. The van der Waals surface area contributed by atoms with Gasteiger partial charge in [-0.1, -0.05) is 12.1 Å². The van der Waals surface area contributed by atoms with Crippen molar-refractivity contribution in [3.05, 3.63) is 71.7 Å². The van der Waals surface area contributed by atoms with Gasteiger partial charge in [-0.25, -0.2) is 9.37 Å². The van der Waals surface area contributed by atoms with Gasteiger partial charge in [-0.3, -0.25) is 4.98 Å². The van der Waals surface area contributed by atoms with Crippen LogP contribution < -0.4 is 0 Å². The summed E-state index contributed by atoms with van der Waals surface area (Å²) in [7, 11) is 0. The van der Waals surface area contributed by atoms with E-state index in [0.29, 0.717) is 17.3 Å². The van der Waals surface area contributed by atoms with Crippen molar-refractivity contribution in [1.82, 2.24) is 15.0 Å². The lowest BCUT2D eigenvalue weighted by Crippen LogP contribution is -2.11. The first-order valence-corrected chi connectivity index (χ1v) is 8.43. The summed E-state index contributed by atoms with van der Waals surface area (Å²) >= 11 is 0. The number of halogens is 7. The Labute approximate surface area is 164 Å². The first-order chi connectivity index (χ1) is 14.0. The van der Waals surface area contributed by atoms with Crippen LogP contribution in [0, 0.1) is 5.82 Å². The van der Waals surface area contributed by atoms with Crippen LogP contribution in [0.5, 0.6) is 0 Å². The minimum atomic E-state index is -5.08. The third kappa shape index (κ3) is 3.60. The van der Waals surface area contributed by atoms with E-state index in [-0.39, 0.29) is 17.5 Å². The number of pyridine rings is 1. The van der Waals surface area contributed by atoms with Crippen LogP contribution in [0.25, 0.3) is 33.7 Å². The van der Waals surface area contributed by atoms with Crippen molar-refractivity contribution in [1.29, 1.82) is 0 Å². The van der Waals surface area contributed by atoms with Crippen molar-refractivity contribution in [2.45, 2.75) is 12.4 Å². The van der Waals surface area contributed by atoms with E-state index < -0.39 is 40.3 Å². The molecule has 4 rings (SSSR count). The smallest absolute Gasteiger partial charge is 0.338 e. The van der Waals surface area contributed by atoms with E-state index in [1.54, 1.807) is 18.2 Å². The molecular formula is C20H10F7N3. The third-order valence-electron chi connectivity index (χ3n) is 4.40. The molecule has 0 radical (unpaired) electrons. The highest BCUT2D eigenvalue weighted by atomic mass is 19.4. The van der Waals surface area contributed by atoms with Crippen molar-refractivity contribution < 1.29 is 30.7 Å². The summed E-state index contributed by atoms with van der Waals surface area (Å²) in [4.78, 5) is 10.2. The number of fused-ring (bicyclic) bond motifs is 1. The zero-order chi connectivity index (χ0) is 21.7. The molecule has 0 aliphatic rings. The Kier molecular flexibility index (Phi) is 4.52. The van der Waals surface area contributed by atoms with Gasteiger partial charge in [-0.05, 0) is 36.4 Å². The topological polar surface area (TPSA) is 41.6 Å². The summed E-state index contributed by atoms with van der Waals surface area (Å²) in [6.07, 6.45) is -8.56. The number of aromatic amines is 1. The molecule has 0 unspecified atom stereocenters. The molecular weight excluding hydrogens is 415 g/mol. The summed E-state index contributed by atoms with van der Waals surface area (Å²) in [5.41, 5.74) is -3.56. The zero-order valence-electron chi connectivity index (χ0n) is 14.7. The number of aromatic nitrogens is 3. The number of nitrogens with zero attached hydrogens (tertiary/aromatic N) is 2. The molecule has 0 atom stereocenters. The predicted octanol–water partition coefficient (Wildman–Crippen LogP) is 6.47. The fourth-order valence-corrected chi connectivity index (χ4v) is 3.02. The fourth-order valence-electron chi connectivity index (χ4n) is 3.02. The predicted molar refractivity (Wildman–Crippen MR) is 94.7 cm³/mol.